The lowest BCUT2D eigenvalue weighted by Gasteiger charge is -2.29. The molecule has 1 aromatic carbocycles. The van der Waals surface area contributed by atoms with Crippen LogP contribution in [0.5, 0.6) is 0 Å². The van der Waals surface area contributed by atoms with Gasteiger partial charge in [-0.2, -0.15) is 0 Å². The van der Waals surface area contributed by atoms with E-state index in [1.54, 1.807) is 37.3 Å². The molecule has 0 saturated carbocycles. The molecule has 1 N–H and O–H groups in total. The second-order valence-corrected chi connectivity index (χ2v) is 6.74. The van der Waals surface area contributed by atoms with E-state index in [1.165, 1.54) is 0 Å². The number of carboxylic acid groups (broad SMARTS) is 1. The standard InChI is InChI=1S/C13H14O4S/c1-8-11(13(14)15)7-9-5-3-4-6-10(9)12(8)18(2,16)17/h3-8,12H,1-2H3,(H,14,15)/t8-,12?/m1/s1. The van der Waals surface area contributed by atoms with E-state index in [0.29, 0.717) is 11.1 Å². The van der Waals surface area contributed by atoms with Gasteiger partial charge in [0.25, 0.3) is 0 Å². The Hall–Kier alpha value is -1.62. The van der Waals surface area contributed by atoms with Gasteiger partial charge in [0, 0.05) is 17.7 Å². The second-order valence-electron chi connectivity index (χ2n) is 4.57. The lowest BCUT2D eigenvalue weighted by Crippen LogP contribution is -2.27. The first-order valence-electron chi connectivity index (χ1n) is 5.55. The van der Waals surface area contributed by atoms with E-state index in [0.717, 1.165) is 6.26 Å². The molecule has 0 fully saturated rings. The number of rotatable bonds is 2. The first-order chi connectivity index (χ1) is 8.32. The molecule has 18 heavy (non-hydrogen) atoms. The summed E-state index contributed by atoms with van der Waals surface area (Å²) in [4.78, 5) is 11.2. The van der Waals surface area contributed by atoms with Crippen molar-refractivity contribution in [2.45, 2.75) is 12.2 Å². The van der Waals surface area contributed by atoms with Crippen molar-refractivity contribution >= 4 is 21.9 Å². The molecule has 1 aromatic rings. The smallest absolute Gasteiger partial charge is 0.331 e. The fourth-order valence-corrected chi connectivity index (χ4v) is 4.05. The quantitative estimate of drug-likeness (QED) is 0.887. The average molecular weight is 266 g/mol. The van der Waals surface area contributed by atoms with E-state index in [9.17, 15) is 13.2 Å². The first-order valence-corrected chi connectivity index (χ1v) is 7.50. The molecule has 1 unspecified atom stereocenters. The third kappa shape index (κ3) is 2.06. The van der Waals surface area contributed by atoms with Crippen LogP contribution in [0.2, 0.25) is 0 Å². The minimum atomic E-state index is -3.36. The van der Waals surface area contributed by atoms with Gasteiger partial charge in [-0.25, -0.2) is 13.2 Å². The highest BCUT2D eigenvalue weighted by molar-refractivity contribution is 7.91. The monoisotopic (exact) mass is 266 g/mol. The number of hydrogen-bond acceptors (Lipinski definition) is 3. The maximum Gasteiger partial charge on any atom is 0.331 e. The maximum absolute atomic E-state index is 11.9. The lowest BCUT2D eigenvalue weighted by molar-refractivity contribution is -0.133. The number of sulfone groups is 1. The van der Waals surface area contributed by atoms with Gasteiger partial charge in [-0.3, -0.25) is 0 Å². The number of carboxylic acids is 1. The Kier molecular flexibility index (Phi) is 3.02. The third-order valence-electron chi connectivity index (χ3n) is 3.27. The summed E-state index contributed by atoms with van der Waals surface area (Å²) in [6.07, 6.45) is 2.71. The zero-order valence-electron chi connectivity index (χ0n) is 10.1. The fourth-order valence-electron chi connectivity index (χ4n) is 2.49. The fraction of sp³-hybridized carbons (Fsp3) is 0.308. The molecule has 0 amide bonds. The third-order valence-corrected chi connectivity index (χ3v) is 4.85. The van der Waals surface area contributed by atoms with Gasteiger partial charge in [-0.1, -0.05) is 31.2 Å². The topological polar surface area (TPSA) is 71.4 Å². The number of hydrogen-bond donors (Lipinski definition) is 1. The molecule has 0 radical (unpaired) electrons. The van der Waals surface area contributed by atoms with Crippen molar-refractivity contribution in [2.24, 2.45) is 5.92 Å². The van der Waals surface area contributed by atoms with Gasteiger partial charge in [0.05, 0.1) is 5.25 Å². The molecule has 1 aliphatic carbocycles. The summed E-state index contributed by atoms with van der Waals surface area (Å²) in [5.41, 5.74) is 1.49. The predicted octanol–water partition coefficient (Wildman–Crippen LogP) is 1.89. The van der Waals surface area contributed by atoms with Crippen LogP contribution in [-0.4, -0.2) is 25.7 Å². The molecule has 2 rings (SSSR count). The van der Waals surface area contributed by atoms with Gasteiger partial charge in [0.2, 0.25) is 0 Å². The van der Waals surface area contributed by atoms with Crippen molar-refractivity contribution in [3.63, 3.8) is 0 Å². The summed E-state index contributed by atoms with van der Waals surface area (Å²) in [7, 11) is -3.36. The largest absolute Gasteiger partial charge is 0.478 e. The van der Waals surface area contributed by atoms with Crippen LogP contribution in [0.25, 0.3) is 6.08 Å². The molecule has 0 saturated heterocycles. The summed E-state index contributed by atoms with van der Waals surface area (Å²) in [5.74, 6) is -1.61. The van der Waals surface area contributed by atoms with Crippen LogP contribution in [0, 0.1) is 5.92 Å². The van der Waals surface area contributed by atoms with E-state index >= 15 is 0 Å². The van der Waals surface area contributed by atoms with Crippen LogP contribution >= 0.6 is 0 Å². The molecule has 0 heterocycles. The number of carbonyl (C=O) groups is 1. The number of fused-ring (bicyclic) bond motifs is 1. The SMILES string of the molecule is C[C@@H]1C(C(=O)O)=Cc2ccccc2C1S(C)(=O)=O. The Balaban J connectivity index is 2.71. The molecule has 0 aliphatic heterocycles. The zero-order chi connectivity index (χ0) is 13.5. The van der Waals surface area contributed by atoms with E-state index in [4.69, 9.17) is 5.11 Å². The molecular formula is C13H14O4S. The highest BCUT2D eigenvalue weighted by atomic mass is 32.2. The van der Waals surface area contributed by atoms with Gasteiger partial charge in [0.15, 0.2) is 9.84 Å². The van der Waals surface area contributed by atoms with E-state index in [-0.39, 0.29) is 5.57 Å². The zero-order valence-corrected chi connectivity index (χ0v) is 10.9. The van der Waals surface area contributed by atoms with Crippen molar-refractivity contribution in [1.82, 2.24) is 0 Å². The summed E-state index contributed by atoms with van der Waals surface area (Å²) in [6.45, 7) is 1.64. The minimum absolute atomic E-state index is 0.143. The van der Waals surface area contributed by atoms with Crippen molar-refractivity contribution in [3.05, 3.63) is 41.0 Å². The Morgan fingerprint density at radius 2 is 1.89 bits per heavy atom. The Bertz CT molecular complexity index is 628. The Labute approximate surface area is 106 Å². The van der Waals surface area contributed by atoms with Gasteiger partial charge in [0.1, 0.15) is 0 Å². The number of benzene rings is 1. The van der Waals surface area contributed by atoms with Gasteiger partial charge in [-0.05, 0) is 17.2 Å². The molecule has 2 atom stereocenters. The summed E-state index contributed by atoms with van der Waals surface area (Å²) < 4.78 is 23.8. The average Bonchev–Trinajstić information content (AvgIpc) is 2.25. The molecule has 1 aliphatic rings. The highest BCUT2D eigenvalue weighted by Crippen LogP contribution is 2.41. The van der Waals surface area contributed by atoms with E-state index in [2.05, 4.69) is 0 Å². The van der Waals surface area contributed by atoms with Crippen LogP contribution in [-0.2, 0) is 14.6 Å². The van der Waals surface area contributed by atoms with Gasteiger partial charge < -0.3 is 5.11 Å². The molecule has 0 bridgehead atoms. The van der Waals surface area contributed by atoms with Crippen molar-refractivity contribution < 1.29 is 18.3 Å². The van der Waals surface area contributed by atoms with E-state index < -0.39 is 27.0 Å². The summed E-state index contributed by atoms with van der Waals surface area (Å²) in [5, 5.41) is 8.37. The summed E-state index contributed by atoms with van der Waals surface area (Å²) >= 11 is 0. The molecule has 0 aromatic heterocycles. The molecule has 4 nitrogen and oxygen atoms in total. The van der Waals surface area contributed by atoms with Crippen LogP contribution in [0.15, 0.2) is 29.8 Å². The summed E-state index contributed by atoms with van der Waals surface area (Å²) in [6, 6.07) is 7.02. The molecular weight excluding hydrogens is 252 g/mol. The minimum Gasteiger partial charge on any atom is -0.478 e. The van der Waals surface area contributed by atoms with Crippen molar-refractivity contribution in [2.75, 3.05) is 6.26 Å². The molecule has 96 valence electrons. The van der Waals surface area contributed by atoms with Gasteiger partial charge in [-0.15, -0.1) is 0 Å². The van der Waals surface area contributed by atoms with Crippen molar-refractivity contribution in [3.8, 4) is 0 Å². The molecule has 0 spiro atoms. The van der Waals surface area contributed by atoms with Crippen molar-refractivity contribution in [1.29, 1.82) is 0 Å². The maximum atomic E-state index is 11.9. The van der Waals surface area contributed by atoms with Crippen LogP contribution < -0.4 is 0 Å². The Morgan fingerprint density at radius 3 is 2.44 bits per heavy atom. The van der Waals surface area contributed by atoms with E-state index in [1.807, 2.05) is 0 Å². The van der Waals surface area contributed by atoms with Crippen LogP contribution in [0.4, 0.5) is 0 Å². The van der Waals surface area contributed by atoms with Crippen LogP contribution in [0.3, 0.4) is 0 Å². The Morgan fingerprint density at radius 1 is 1.28 bits per heavy atom. The molecule has 5 heteroatoms. The first kappa shape index (κ1) is 12.8. The second kappa shape index (κ2) is 4.24. The highest BCUT2D eigenvalue weighted by Gasteiger charge is 2.37. The van der Waals surface area contributed by atoms with Gasteiger partial charge >= 0.3 is 5.97 Å². The normalized spacial score (nSPS) is 23.1. The lowest BCUT2D eigenvalue weighted by atomic mass is 9.84. The predicted molar refractivity (Wildman–Crippen MR) is 68.8 cm³/mol. The van der Waals surface area contributed by atoms with Crippen LogP contribution in [0.1, 0.15) is 23.3 Å². The number of aliphatic carboxylic acids is 1.